The largest absolute Gasteiger partial charge is 0.384 e. The Morgan fingerprint density at radius 2 is 1.96 bits per heavy atom. The summed E-state index contributed by atoms with van der Waals surface area (Å²) in [6, 6.07) is 13.9. The highest BCUT2D eigenvalue weighted by Crippen LogP contribution is 2.18. The van der Waals surface area contributed by atoms with E-state index in [1.54, 1.807) is 11.3 Å². The van der Waals surface area contributed by atoms with Crippen LogP contribution in [0.1, 0.15) is 47.6 Å². The summed E-state index contributed by atoms with van der Waals surface area (Å²) in [6.45, 7) is 8.70. The molecule has 1 aromatic carbocycles. The van der Waals surface area contributed by atoms with Gasteiger partial charge in [-0.2, -0.15) is 0 Å². The highest BCUT2D eigenvalue weighted by Gasteiger charge is 2.19. The molecule has 1 aliphatic rings. The van der Waals surface area contributed by atoms with E-state index in [0.717, 1.165) is 30.9 Å². The Bertz CT molecular complexity index is 785. The number of thiophene rings is 1. The van der Waals surface area contributed by atoms with E-state index < -0.39 is 0 Å². The molecule has 0 spiro atoms. The number of benzene rings is 1. The molecule has 0 radical (unpaired) electrons. The summed E-state index contributed by atoms with van der Waals surface area (Å²) in [5.41, 5.74) is 2.86. The minimum Gasteiger partial charge on any atom is -0.384 e. The van der Waals surface area contributed by atoms with E-state index in [4.69, 9.17) is 5.11 Å². The van der Waals surface area contributed by atoms with E-state index in [9.17, 15) is 0 Å². The Hall–Kier alpha value is -1.64. The molecule has 0 amide bonds. The van der Waals surface area contributed by atoms with Crippen molar-refractivity contribution >= 4 is 11.3 Å². The maximum atomic E-state index is 8.80. The van der Waals surface area contributed by atoms with E-state index in [1.807, 2.05) is 6.07 Å². The summed E-state index contributed by atoms with van der Waals surface area (Å²) in [6.07, 6.45) is 3.65. The quantitative estimate of drug-likeness (QED) is 0.693. The zero-order valence-corrected chi connectivity index (χ0v) is 17.9. The number of nitrogens with one attached hydrogen (secondary N) is 1. The van der Waals surface area contributed by atoms with Gasteiger partial charge in [-0.05, 0) is 55.0 Å². The standard InChI is InChI=1S/C24H32N2OS/c1-19(2)15-20-7-9-21(10-8-20)17-26-13-3-5-22(18-26)25-16-24-12-11-23(28-24)6-4-14-27/h7-12,19,22,25,27H,3,5,13-18H2,1-2H3/t22-/m1/s1. The lowest BCUT2D eigenvalue weighted by Crippen LogP contribution is -2.44. The average Bonchev–Trinajstić information content (AvgIpc) is 3.14. The molecular weight excluding hydrogens is 364 g/mol. The molecule has 3 nitrogen and oxygen atoms in total. The minimum atomic E-state index is -0.0795. The van der Waals surface area contributed by atoms with Gasteiger partial charge in [0.2, 0.25) is 0 Å². The fourth-order valence-corrected chi connectivity index (χ4v) is 4.62. The van der Waals surface area contributed by atoms with E-state index in [2.05, 4.69) is 66.2 Å². The lowest BCUT2D eigenvalue weighted by atomic mass is 10.0. The van der Waals surface area contributed by atoms with Crippen LogP contribution in [0.5, 0.6) is 0 Å². The van der Waals surface area contributed by atoms with Crippen LogP contribution in [0.2, 0.25) is 0 Å². The fourth-order valence-electron chi connectivity index (χ4n) is 3.79. The zero-order chi connectivity index (χ0) is 19.8. The molecule has 1 aromatic heterocycles. The van der Waals surface area contributed by atoms with Crippen LogP contribution in [0.3, 0.4) is 0 Å². The number of hydrogen-bond acceptors (Lipinski definition) is 4. The second-order valence-corrected chi connectivity index (χ2v) is 9.26. The maximum absolute atomic E-state index is 8.80. The van der Waals surface area contributed by atoms with Gasteiger partial charge in [-0.25, -0.2) is 0 Å². The normalized spacial score (nSPS) is 17.5. The average molecular weight is 397 g/mol. The van der Waals surface area contributed by atoms with Crippen LogP contribution in [0, 0.1) is 17.8 Å². The van der Waals surface area contributed by atoms with Crippen LogP contribution >= 0.6 is 11.3 Å². The topological polar surface area (TPSA) is 35.5 Å². The molecular formula is C24H32N2OS. The van der Waals surface area contributed by atoms with Crippen molar-refractivity contribution < 1.29 is 5.11 Å². The van der Waals surface area contributed by atoms with Gasteiger partial charge in [0, 0.05) is 30.6 Å². The van der Waals surface area contributed by atoms with Gasteiger partial charge in [0.25, 0.3) is 0 Å². The summed E-state index contributed by atoms with van der Waals surface area (Å²) < 4.78 is 0. The zero-order valence-electron chi connectivity index (χ0n) is 17.1. The second-order valence-electron chi connectivity index (χ2n) is 8.10. The predicted octanol–water partition coefficient (Wildman–Crippen LogP) is 4.04. The Balaban J connectivity index is 1.46. The van der Waals surface area contributed by atoms with Crippen molar-refractivity contribution in [3.8, 4) is 11.8 Å². The summed E-state index contributed by atoms with van der Waals surface area (Å²) in [5, 5.41) is 12.5. The highest BCUT2D eigenvalue weighted by molar-refractivity contribution is 7.12. The van der Waals surface area contributed by atoms with E-state index in [-0.39, 0.29) is 6.61 Å². The maximum Gasteiger partial charge on any atom is 0.104 e. The first-order chi connectivity index (χ1) is 13.6. The van der Waals surface area contributed by atoms with Crippen molar-refractivity contribution in [1.29, 1.82) is 0 Å². The molecule has 1 fully saturated rings. The molecule has 1 saturated heterocycles. The Labute approximate surface area is 173 Å². The third-order valence-electron chi connectivity index (χ3n) is 5.10. The van der Waals surface area contributed by atoms with Gasteiger partial charge < -0.3 is 10.4 Å². The van der Waals surface area contributed by atoms with Crippen molar-refractivity contribution in [3.63, 3.8) is 0 Å². The Morgan fingerprint density at radius 3 is 2.71 bits per heavy atom. The van der Waals surface area contributed by atoms with Crippen molar-refractivity contribution in [2.24, 2.45) is 5.92 Å². The van der Waals surface area contributed by atoms with Gasteiger partial charge in [0.05, 0.1) is 4.88 Å². The van der Waals surface area contributed by atoms with Crippen molar-refractivity contribution in [2.75, 3.05) is 19.7 Å². The molecule has 0 saturated carbocycles. The third kappa shape index (κ3) is 6.76. The number of nitrogens with zero attached hydrogens (tertiary/aromatic N) is 1. The number of aliphatic hydroxyl groups excluding tert-OH is 1. The molecule has 2 aromatic rings. The number of aliphatic hydroxyl groups is 1. The third-order valence-corrected chi connectivity index (χ3v) is 6.10. The number of hydrogen-bond donors (Lipinski definition) is 2. The summed E-state index contributed by atoms with van der Waals surface area (Å²) >= 11 is 1.71. The first-order valence-corrected chi connectivity index (χ1v) is 11.2. The van der Waals surface area contributed by atoms with Crippen LogP contribution in [-0.4, -0.2) is 35.7 Å². The summed E-state index contributed by atoms with van der Waals surface area (Å²) in [5.74, 6) is 6.41. The van der Waals surface area contributed by atoms with Gasteiger partial charge >= 0.3 is 0 Å². The van der Waals surface area contributed by atoms with Crippen molar-refractivity contribution in [3.05, 3.63) is 57.3 Å². The number of piperidine rings is 1. The van der Waals surface area contributed by atoms with Gasteiger partial charge in [0.15, 0.2) is 0 Å². The second kappa shape index (κ2) is 10.8. The minimum absolute atomic E-state index is 0.0795. The predicted molar refractivity (Wildman–Crippen MR) is 118 cm³/mol. The van der Waals surface area contributed by atoms with Crippen LogP contribution in [0.25, 0.3) is 0 Å². The molecule has 150 valence electrons. The molecule has 3 rings (SSSR count). The molecule has 0 unspecified atom stereocenters. The van der Waals surface area contributed by atoms with Crippen LogP contribution in [-0.2, 0) is 19.5 Å². The molecule has 28 heavy (non-hydrogen) atoms. The molecule has 2 N–H and O–H groups in total. The number of rotatable bonds is 7. The Kier molecular flexibility index (Phi) is 8.12. The molecule has 1 aliphatic heterocycles. The summed E-state index contributed by atoms with van der Waals surface area (Å²) in [7, 11) is 0. The lowest BCUT2D eigenvalue weighted by Gasteiger charge is -2.33. The van der Waals surface area contributed by atoms with E-state index in [0.29, 0.717) is 12.0 Å². The highest BCUT2D eigenvalue weighted by atomic mass is 32.1. The summed E-state index contributed by atoms with van der Waals surface area (Å²) in [4.78, 5) is 4.91. The van der Waals surface area contributed by atoms with Crippen molar-refractivity contribution in [1.82, 2.24) is 10.2 Å². The van der Waals surface area contributed by atoms with Crippen LogP contribution < -0.4 is 5.32 Å². The molecule has 0 aliphatic carbocycles. The van der Waals surface area contributed by atoms with E-state index in [1.165, 1.54) is 35.4 Å². The van der Waals surface area contributed by atoms with Crippen LogP contribution in [0.4, 0.5) is 0 Å². The monoisotopic (exact) mass is 396 g/mol. The van der Waals surface area contributed by atoms with Gasteiger partial charge in [-0.3, -0.25) is 4.90 Å². The lowest BCUT2D eigenvalue weighted by molar-refractivity contribution is 0.183. The molecule has 2 heterocycles. The molecule has 4 heteroatoms. The molecule has 0 bridgehead atoms. The van der Waals surface area contributed by atoms with Gasteiger partial charge in [-0.1, -0.05) is 50.0 Å². The first kappa shape index (κ1) is 21.1. The van der Waals surface area contributed by atoms with Crippen LogP contribution in [0.15, 0.2) is 36.4 Å². The van der Waals surface area contributed by atoms with Gasteiger partial charge in [-0.15, -0.1) is 11.3 Å². The SMILES string of the molecule is CC(C)Cc1ccc(CN2CCC[C@@H](NCc3ccc(C#CCO)s3)C2)cc1. The molecule has 1 atom stereocenters. The Morgan fingerprint density at radius 1 is 1.18 bits per heavy atom. The fraction of sp³-hybridized carbons (Fsp3) is 0.500. The van der Waals surface area contributed by atoms with Crippen molar-refractivity contribution in [2.45, 2.75) is 52.2 Å². The number of likely N-dealkylation sites (tertiary alicyclic amines) is 1. The first-order valence-electron chi connectivity index (χ1n) is 10.3. The van der Waals surface area contributed by atoms with Gasteiger partial charge in [0.1, 0.15) is 6.61 Å². The smallest absolute Gasteiger partial charge is 0.104 e. The van der Waals surface area contributed by atoms with E-state index >= 15 is 0 Å².